The zero-order valence-electron chi connectivity index (χ0n) is 15.4. The maximum absolute atomic E-state index is 12.6. The molecule has 3 rings (SSSR count). The number of aryl methyl sites for hydroxylation is 1. The molecule has 0 bridgehead atoms. The molecule has 1 unspecified atom stereocenters. The molecule has 6 nitrogen and oxygen atoms in total. The van der Waals surface area contributed by atoms with Crippen molar-refractivity contribution in [3.63, 3.8) is 0 Å². The molecule has 0 radical (unpaired) electrons. The molecule has 1 atom stereocenters. The summed E-state index contributed by atoms with van der Waals surface area (Å²) in [5.41, 5.74) is 1.08. The molecule has 0 aliphatic heterocycles. The maximum Gasteiger partial charge on any atom is 0.328 e. The van der Waals surface area contributed by atoms with E-state index in [1.54, 1.807) is 0 Å². The fourth-order valence-corrected chi connectivity index (χ4v) is 3.18. The molecular weight excluding hydrogens is 330 g/mol. The zero-order chi connectivity index (χ0) is 18.8. The molecule has 1 aliphatic carbocycles. The number of H-pyrrole nitrogens is 1. The number of aromatic nitrogens is 2. The highest BCUT2D eigenvalue weighted by atomic mass is 16.2. The normalized spacial score (nSPS) is 15.1. The van der Waals surface area contributed by atoms with Gasteiger partial charge in [-0.25, -0.2) is 4.79 Å². The van der Waals surface area contributed by atoms with Gasteiger partial charge in [-0.3, -0.25) is 14.6 Å². The van der Waals surface area contributed by atoms with Gasteiger partial charge in [-0.05, 0) is 42.2 Å². The molecule has 1 heterocycles. The maximum atomic E-state index is 12.6. The topological polar surface area (TPSA) is 84.0 Å². The summed E-state index contributed by atoms with van der Waals surface area (Å²) in [5, 5.41) is 2.98. The Hall–Kier alpha value is -2.63. The molecule has 26 heavy (non-hydrogen) atoms. The lowest BCUT2D eigenvalue weighted by Crippen LogP contribution is -2.38. The number of amides is 1. The Morgan fingerprint density at radius 3 is 2.46 bits per heavy atom. The first-order valence-electron chi connectivity index (χ1n) is 9.05. The third kappa shape index (κ3) is 4.12. The SMILES string of the molecule is CC(C)Cc1ccc(C(NC(=O)c2cn(C)c(=O)[nH]c2=O)C2CC2)cc1. The van der Waals surface area contributed by atoms with Crippen LogP contribution in [0.2, 0.25) is 0 Å². The van der Waals surface area contributed by atoms with Gasteiger partial charge in [-0.1, -0.05) is 38.1 Å². The third-order valence-electron chi connectivity index (χ3n) is 4.72. The van der Waals surface area contributed by atoms with E-state index in [4.69, 9.17) is 0 Å². The van der Waals surface area contributed by atoms with Gasteiger partial charge in [-0.15, -0.1) is 0 Å². The number of benzene rings is 1. The van der Waals surface area contributed by atoms with Gasteiger partial charge in [0.05, 0.1) is 6.04 Å². The van der Waals surface area contributed by atoms with E-state index in [1.165, 1.54) is 23.4 Å². The predicted octanol–water partition coefficient (Wildman–Crippen LogP) is 2.15. The van der Waals surface area contributed by atoms with Crippen molar-refractivity contribution in [1.82, 2.24) is 14.9 Å². The number of aromatic amines is 1. The van der Waals surface area contributed by atoms with Gasteiger partial charge < -0.3 is 9.88 Å². The lowest BCUT2D eigenvalue weighted by Gasteiger charge is -2.19. The Balaban J connectivity index is 1.81. The first-order chi connectivity index (χ1) is 12.3. The highest BCUT2D eigenvalue weighted by Gasteiger charge is 2.34. The van der Waals surface area contributed by atoms with Crippen LogP contribution in [0.5, 0.6) is 0 Å². The Bertz CT molecular complexity index is 905. The van der Waals surface area contributed by atoms with E-state index in [2.05, 4.69) is 48.4 Å². The number of rotatable bonds is 6. The summed E-state index contributed by atoms with van der Waals surface area (Å²) in [6.07, 6.45) is 4.42. The van der Waals surface area contributed by atoms with Gasteiger partial charge in [0, 0.05) is 13.2 Å². The minimum atomic E-state index is -0.660. The van der Waals surface area contributed by atoms with Gasteiger partial charge >= 0.3 is 5.69 Å². The molecule has 1 aliphatic rings. The quantitative estimate of drug-likeness (QED) is 0.833. The minimum absolute atomic E-state index is 0.0471. The van der Waals surface area contributed by atoms with E-state index >= 15 is 0 Å². The number of nitrogens with zero attached hydrogens (tertiary/aromatic N) is 1. The molecule has 0 saturated heterocycles. The van der Waals surface area contributed by atoms with Crippen molar-refractivity contribution >= 4 is 5.91 Å². The number of nitrogens with one attached hydrogen (secondary N) is 2. The summed E-state index contributed by atoms with van der Waals surface area (Å²) >= 11 is 0. The van der Waals surface area contributed by atoms with Crippen LogP contribution >= 0.6 is 0 Å². The Morgan fingerprint density at radius 1 is 1.23 bits per heavy atom. The van der Waals surface area contributed by atoms with Crippen molar-refractivity contribution in [3.05, 3.63) is 68.0 Å². The molecular formula is C20H25N3O3. The highest BCUT2D eigenvalue weighted by molar-refractivity contribution is 5.93. The molecule has 138 valence electrons. The lowest BCUT2D eigenvalue weighted by molar-refractivity contribution is 0.0929. The third-order valence-corrected chi connectivity index (χ3v) is 4.72. The van der Waals surface area contributed by atoms with Crippen LogP contribution in [-0.4, -0.2) is 15.5 Å². The molecule has 2 aromatic rings. The summed E-state index contributed by atoms with van der Waals surface area (Å²) in [6, 6.07) is 8.22. The molecule has 1 fully saturated rings. The van der Waals surface area contributed by atoms with Crippen molar-refractivity contribution < 1.29 is 4.79 Å². The second-order valence-electron chi connectivity index (χ2n) is 7.54. The predicted molar refractivity (Wildman–Crippen MR) is 100 cm³/mol. The molecule has 0 spiro atoms. The summed E-state index contributed by atoms with van der Waals surface area (Å²) < 4.78 is 1.20. The van der Waals surface area contributed by atoms with Crippen molar-refractivity contribution in [3.8, 4) is 0 Å². The van der Waals surface area contributed by atoms with Crippen LogP contribution in [0.1, 0.15) is 54.2 Å². The van der Waals surface area contributed by atoms with Crippen LogP contribution in [0.4, 0.5) is 0 Å². The lowest BCUT2D eigenvalue weighted by atomic mass is 9.97. The average Bonchev–Trinajstić information content (AvgIpc) is 3.41. The van der Waals surface area contributed by atoms with Crippen LogP contribution in [-0.2, 0) is 13.5 Å². The van der Waals surface area contributed by atoms with Gasteiger partial charge in [0.2, 0.25) is 0 Å². The van der Waals surface area contributed by atoms with Crippen molar-refractivity contribution in [2.75, 3.05) is 0 Å². The number of carbonyl (C=O) groups excluding carboxylic acids is 1. The standard InChI is InChI=1S/C20H25N3O3/c1-12(2)10-13-4-6-14(7-5-13)17(15-8-9-15)21-18(24)16-11-23(3)20(26)22-19(16)25/h4-7,11-12,15,17H,8-10H2,1-3H3,(H,21,24)(H,22,25,26). The van der Waals surface area contributed by atoms with E-state index in [1.807, 2.05) is 0 Å². The van der Waals surface area contributed by atoms with Crippen LogP contribution in [0.3, 0.4) is 0 Å². The smallest absolute Gasteiger partial charge is 0.328 e. The fourth-order valence-electron chi connectivity index (χ4n) is 3.18. The zero-order valence-corrected chi connectivity index (χ0v) is 15.4. The van der Waals surface area contributed by atoms with Gasteiger partial charge in [-0.2, -0.15) is 0 Å². The fraction of sp³-hybridized carbons (Fsp3) is 0.450. The molecule has 1 amide bonds. The minimum Gasteiger partial charge on any atom is -0.345 e. The summed E-state index contributed by atoms with van der Waals surface area (Å²) in [5.74, 6) is 0.530. The second-order valence-corrected chi connectivity index (χ2v) is 7.54. The second kappa shape index (κ2) is 7.32. The monoisotopic (exact) mass is 355 g/mol. The molecule has 6 heteroatoms. The molecule has 2 N–H and O–H groups in total. The average molecular weight is 355 g/mol. The van der Waals surface area contributed by atoms with Crippen LogP contribution in [0.25, 0.3) is 0 Å². The van der Waals surface area contributed by atoms with Crippen LogP contribution in [0, 0.1) is 11.8 Å². The van der Waals surface area contributed by atoms with Gasteiger partial charge in [0.25, 0.3) is 11.5 Å². The number of hydrogen-bond donors (Lipinski definition) is 2. The Morgan fingerprint density at radius 2 is 1.88 bits per heavy atom. The number of carbonyl (C=O) groups is 1. The number of hydrogen-bond acceptors (Lipinski definition) is 3. The van der Waals surface area contributed by atoms with E-state index in [0.29, 0.717) is 11.8 Å². The Kier molecular flexibility index (Phi) is 5.11. The molecule has 1 aromatic carbocycles. The van der Waals surface area contributed by atoms with E-state index in [9.17, 15) is 14.4 Å². The summed E-state index contributed by atoms with van der Waals surface area (Å²) in [6.45, 7) is 4.37. The summed E-state index contributed by atoms with van der Waals surface area (Å²) in [4.78, 5) is 38.2. The largest absolute Gasteiger partial charge is 0.345 e. The van der Waals surface area contributed by atoms with Crippen LogP contribution in [0.15, 0.2) is 40.1 Å². The van der Waals surface area contributed by atoms with Crippen LogP contribution < -0.4 is 16.6 Å². The first-order valence-corrected chi connectivity index (χ1v) is 9.05. The van der Waals surface area contributed by atoms with Crippen molar-refractivity contribution in [2.24, 2.45) is 18.9 Å². The molecule has 1 aromatic heterocycles. The van der Waals surface area contributed by atoms with E-state index in [0.717, 1.165) is 24.8 Å². The van der Waals surface area contributed by atoms with Gasteiger partial charge in [0.1, 0.15) is 5.56 Å². The Labute approximate surface area is 152 Å². The van der Waals surface area contributed by atoms with E-state index in [-0.39, 0.29) is 11.6 Å². The van der Waals surface area contributed by atoms with Gasteiger partial charge in [0.15, 0.2) is 0 Å². The van der Waals surface area contributed by atoms with Crippen molar-refractivity contribution in [2.45, 2.75) is 39.2 Å². The molecule has 1 saturated carbocycles. The van der Waals surface area contributed by atoms with E-state index < -0.39 is 17.2 Å². The summed E-state index contributed by atoms with van der Waals surface area (Å²) in [7, 11) is 1.50. The first kappa shape index (κ1) is 18.2. The van der Waals surface area contributed by atoms with Crippen molar-refractivity contribution in [1.29, 1.82) is 0 Å². The highest BCUT2D eigenvalue weighted by Crippen LogP contribution is 2.41.